The van der Waals surface area contributed by atoms with E-state index in [1.165, 1.54) is 39.0 Å². The zero-order valence-corrected chi connectivity index (χ0v) is 9.84. The van der Waals surface area contributed by atoms with Crippen molar-refractivity contribution < 1.29 is 0 Å². The van der Waals surface area contributed by atoms with Gasteiger partial charge < -0.3 is 10.2 Å². The van der Waals surface area contributed by atoms with Gasteiger partial charge in [0.2, 0.25) is 0 Å². The fourth-order valence-electron chi connectivity index (χ4n) is 2.56. The average molecular weight is 196 g/mol. The molecule has 0 amide bonds. The van der Waals surface area contributed by atoms with E-state index >= 15 is 0 Å². The predicted molar refractivity (Wildman–Crippen MR) is 60.4 cm³/mol. The molecule has 2 rings (SSSR count). The van der Waals surface area contributed by atoms with Crippen LogP contribution in [0.25, 0.3) is 0 Å². The van der Waals surface area contributed by atoms with Crippen LogP contribution < -0.4 is 5.32 Å². The van der Waals surface area contributed by atoms with Gasteiger partial charge in [-0.25, -0.2) is 0 Å². The van der Waals surface area contributed by atoms with Gasteiger partial charge in [-0.15, -0.1) is 0 Å². The van der Waals surface area contributed by atoms with Crippen LogP contribution in [0.5, 0.6) is 0 Å². The van der Waals surface area contributed by atoms with Crippen LogP contribution in [0.2, 0.25) is 0 Å². The molecular weight excluding hydrogens is 172 g/mol. The molecule has 1 saturated heterocycles. The highest BCUT2D eigenvalue weighted by Gasteiger charge is 2.45. The Kier molecular flexibility index (Phi) is 2.85. The van der Waals surface area contributed by atoms with Crippen molar-refractivity contribution in [2.45, 2.75) is 39.7 Å². The van der Waals surface area contributed by atoms with Crippen LogP contribution in [0.4, 0.5) is 0 Å². The summed E-state index contributed by atoms with van der Waals surface area (Å²) in [4.78, 5) is 2.66. The van der Waals surface area contributed by atoms with E-state index in [1.54, 1.807) is 0 Å². The molecular formula is C12H24N2. The van der Waals surface area contributed by atoms with Gasteiger partial charge in [-0.2, -0.15) is 0 Å². The molecule has 2 heteroatoms. The molecule has 1 saturated carbocycles. The Labute approximate surface area is 88.1 Å². The second kappa shape index (κ2) is 3.82. The van der Waals surface area contributed by atoms with Gasteiger partial charge >= 0.3 is 0 Å². The second-order valence-electron chi connectivity index (χ2n) is 5.86. The summed E-state index contributed by atoms with van der Waals surface area (Å²) >= 11 is 0. The Morgan fingerprint density at radius 2 is 2.14 bits per heavy atom. The van der Waals surface area contributed by atoms with Crippen LogP contribution in [-0.2, 0) is 0 Å². The highest BCUT2D eigenvalue weighted by Crippen LogP contribution is 2.51. The SMILES string of the molecule is CC1CN(CC2CC2(C)C)CCCN1. The summed E-state index contributed by atoms with van der Waals surface area (Å²) in [6.07, 6.45) is 2.75. The lowest BCUT2D eigenvalue weighted by molar-refractivity contribution is 0.250. The summed E-state index contributed by atoms with van der Waals surface area (Å²) in [6.45, 7) is 12.2. The van der Waals surface area contributed by atoms with Crippen LogP contribution in [0.15, 0.2) is 0 Å². The van der Waals surface area contributed by atoms with Crippen molar-refractivity contribution in [1.82, 2.24) is 10.2 Å². The quantitative estimate of drug-likeness (QED) is 0.723. The Morgan fingerprint density at radius 3 is 2.79 bits per heavy atom. The number of rotatable bonds is 2. The van der Waals surface area contributed by atoms with Gasteiger partial charge in [-0.05, 0) is 44.2 Å². The van der Waals surface area contributed by atoms with E-state index in [9.17, 15) is 0 Å². The van der Waals surface area contributed by atoms with E-state index in [4.69, 9.17) is 0 Å². The molecule has 2 nitrogen and oxygen atoms in total. The van der Waals surface area contributed by atoms with Crippen LogP contribution in [0, 0.1) is 11.3 Å². The van der Waals surface area contributed by atoms with Crippen molar-refractivity contribution in [3.63, 3.8) is 0 Å². The molecule has 0 bridgehead atoms. The van der Waals surface area contributed by atoms with E-state index < -0.39 is 0 Å². The molecule has 0 radical (unpaired) electrons. The Bertz CT molecular complexity index is 200. The van der Waals surface area contributed by atoms with Crippen molar-refractivity contribution in [3.05, 3.63) is 0 Å². The third-order valence-corrected chi connectivity index (χ3v) is 3.87. The molecule has 0 aromatic heterocycles. The van der Waals surface area contributed by atoms with Crippen LogP contribution in [0.3, 0.4) is 0 Å². The standard InChI is InChI=1S/C12H24N2/c1-10-8-14(6-4-5-13-10)9-11-7-12(11,2)3/h10-11,13H,4-9H2,1-3H3. The summed E-state index contributed by atoms with van der Waals surface area (Å²) in [6, 6.07) is 0.680. The Hall–Kier alpha value is -0.0800. The molecule has 2 fully saturated rings. The summed E-state index contributed by atoms with van der Waals surface area (Å²) in [5.41, 5.74) is 0.642. The summed E-state index contributed by atoms with van der Waals surface area (Å²) in [5.74, 6) is 0.966. The first-order chi connectivity index (χ1) is 6.58. The largest absolute Gasteiger partial charge is 0.313 e. The maximum absolute atomic E-state index is 3.55. The fraction of sp³-hybridized carbons (Fsp3) is 1.00. The molecule has 1 aliphatic heterocycles. The van der Waals surface area contributed by atoms with E-state index in [0.717, 1.165) is 5.92 Å². The summed E-state index contributed by atoms with van der Waals surface area (Å²) < 4.78 is 0. The van der Waals surface area contributed by atoms with Crippen molar-refractivity contribution in [2.24, 2.45) is 11.3 Å². The second-order valence-corrected chi connectivity index (χ2v) is 5.86. The van der Waals surface area contributed by atoms with Gasteiger partial charge in [0.15, 0.2) is 0 Å². The molecule has 1 heterocycles. The van der Waals surface area contributed by atoms with Crippen LogP contribution in [0.1, 0.15) is 33.6 Å². The predicted octanol–water partition coefficient (Wildman–Crippen LogP) is 1.72. The first-order valence-electron chi connectivity index (χ1n) is 6.04. The van der Waals surface area contributed by atoms with Gasteiger partial charge in [0, 0.05) is 19.1 Å². The third-order valence-electron chi connectivity index (χ3n) is 3.87. The Morgan fingerprint density at radius 1 is 1.43 bits per heavy atom. The van der Waals surface area contributed by atoms with Gasteiger partial charge in [0.1, 0.15) is 0 Å². The minimum Gasteiger partial charge on any atom is -0.313 e. The van der Waals surface area contributed by atoms with Crippen LogP contribution >= 0.6 is 0 Å². The maximum atomic E-state index is 3.55. The van der Waals surface area contributed by atoms with E-state index in [0.29, 0.717) is 11.5 Å². The molecule has 2 atom stereocenters. The first-order valence-corrected chi connectivity index (χ1v) is 6.04. The number of hydrogen-bond donors (Lipinski definition) is 1. The van der Waals surface area contributed by atoms with Crippen molar-refractivity contribution in [3.8, 4) is 0 Å². The zero-order valence-electron chi connectivity index (χ0n) is 9.84. The Balaban J connectivity index is 1.79. The molecule has 14 heavy (non-hydrogen) atoms. The smallest absolute Gasteiger partial charge is 0.0166 e. The highest BCUT2D eigenvalue weighted by molar-refractivity contribution is 4.97. The molecule has 0 aromatic carbocycles. The van der Waals surface area contributed by atoms with E-state index in [1.807, 2.05) is 0 Å². The monoisotopic (exact) mass is 196 g/mol. The maximum Gasteiger partial charge on any atom is 0.0166 e. The molecule has 82 valence electrons. The van der Waals surface area contributed by atoms with Gasteiger partial charge in [0.05, 0.1) is 0 Å². The molecule has 1 N–H and O–H groups in total. The lowest BCUT2D eigenvalue weighted by atomic mass is 10.1. The number of nitrogens with zero attached hydrogens (tertiary/aromatic N) is 1. The number of nitrogens with one attached hydrogen (secondary N) is 1. The van der Waals surface area contributed by atoms with Gasteiger partial charge in [-0.1, -0.05) is 13.8 Å². The fourth-order valence-corrected chi connectivity index (χ4v) is 2.56. The number of hydrogen-bond acceptors (Lipinski definition) is 2. The highest BCUT2D eigenvalue weighted by atomic mass is 15.2. The van der Waals surface area contributed by atoms with Crippen molar-refractivity contribution >= 4 is 0 Å². The van der Waals surface area contributed by atoms with Gasteiger partial charge in [0.25, 0.3) is 0 Å². The normalized spacial score (nSPS) is 37.9. The van der Waals surface area contributed by atoms with Crippen LogP contribution in [-0.4, -0.2) is 37.1 Å². The lowest BCUT2D eigenvalue weighted by Crippen LogP contribution is -2.36. The van der Waals surface area contributed by atoms with E-state index in [2.05, 4.69) is 31.0 Å². The summed E-state index contributed by atoms with van der Waals surface area (Å²) in [7, 11) is 0. The minimum absolute atomic E-state index is 0.642. The van der Waals surface area contributed by atoms with Gasteiger partial charge in [-0.3, -0.25) is 0 Å². The van der Waals surface area contributed by atoms with E-state index in [-0.39, 0.29) is 0 Å². The average Bonchev–Trinajstić information content (AvgIpc) is 2.72. The third kappa shape index (κ3) is 2.48. The topological polar surface area (TPSA) is 15.3 Å². The molecule has 1 aliphatic carbocycles. The molecule has 0 spiro atoms. The molecule has 2 aliphatic rings. The van der Waals surface area contributed by atoms with Crippen molar-refractivity contribution in [2.75, 3.05) is 26.2 Å². The lowest BCUT2D eigenvalue weighted by Gasteiger charge is -2.22. The first kappa shape index (κ1) is 10.4. The zero-order chi connectivity index (χ0) is 10.2. The minimum atomic E-state index is 0.642. The molecule has 2 unspecified atom stereocenters. The molecule has 0 aromatic rings. The van der Waals surface area contributed by atoms with Crippen molar-refractivity contribution in [1.29, 1.82) is 0 Å². The summed E-state index contributed by atoms with van der Waals surface area (Å²) in [5, 5.41) is 3.55.